The van der Waals surface area contributed by atoms with Crippen LogP contribution in [0.1, 0.15) is 16.7 Å². The van der Waals surface area contributed by atoms with Crippen molar-refractivity contribution >= 4 is 33.2 Å². The van der Waals surface area contributed by atoms with E-state index in [9.17, 15) is 13.2 Å². The third-order valence-corrected chi connectivity index (χ3v) is 7.31. The van der Waals surface area contributed by atoms with Gasteiger partial charge < -0.3 is 10.1 Å². The lowest BCUT2D eigenvalue weighted by Gasteiger charge is -2.35. The fraction of sp³-hybridized carbons (Fsp3) is 0.208. The SMILES string of the molecule is Cc1ccc(S(=O)(=O)N2C[C@@H](C(=O)NCc3ccc(Cl)cc3)Oc3cc(C)ccc32)cc1. The number of ether oxygens (including phenoxy) is 1. The predicted molar refractivity (Wildman–Crippen MR) is 125 cm³/mol. The number of sulfonamides is 1. The normalized spacial score (nSPS) is 15.6. The number of aryl methyl sites for hydroxylation is 2. The number of carbonyl (C=O) groups is 1. The Morgan fingerprint density at radius 2 is 1.69 bits per heavy atom. The van der Waals surface area contributed by atoms with Gasteiger partial charge in [0.05, 0.1) is 17.1 Å². The topological polar surface area (TPSA) is 75.7 Å². The van der Waals surface area contributed by atoms with Gasteiger partial charge in [0.1, 0.15) is 5.75 Å². The predicted octanol–water partition coefficient (Wildman–Crippen LogP) is 4.23. The van der Waals surface area contributed by atoms with E-state index in [2.05, 4.69) is 5.32 Å². The number of rotatable bonds is 5. The van der Waals surface area contributed by atoms with Crippen LogP contribution < -0.4 is 14.4 Å². The lowest BCUT2D eigenvalue weighted by atomic mass is 10.1. The first-order chi connectivity index (χ1) is 15.2. The van der Waals surface area contributed by atoms with Crippen molar-refractivity contribution in [2.24, 2.45) is 0 Å². The van der Waals surface area contributed by atoms with Crippen LogP contribution in [0.3, 0.4) is 0 Å². The highest BCUT2D eigenvalue weighted by Gasteiger charge is 2.37. The first-order valence-electron chi connectivity index (χ1n) is 10.1. The van der Waals surface area contributed by atoms with Gasteiger partial charge in [-0.1, -0.05) is 47.5 Å². The molecule has 0 bridgehead atoms. The van der Waals surface area contributed by atoms with E-state index in [-0.39, 0.29) is 18.0 Å². The largest absolute Gasteiger partial charge is 0.476 e. The highest BCUT2D eigenvalue weighted by Crippen LogP contribution is 2.37. The zero-order valence-electron chi connectivity index (χ0n) is 17.7. The fourth-order valence-corrected chi connectivity index (χ4v) is 5.07. The molecule has 6 nitrogen and oxygen atoms in total. The maximum atomic E-state index is 13.5. The molecule has 1 heterocycles. The molecule has 0 fully saturated rings. The van der Waals surface area contributed by atoms with Gasteiger partial charge >= 0.3 is 0 Å². The van der Waals surface area contributed by atoms with Gasteiger partial charge in [0.25, 0.3) is 15.9 Å². The molecular formula is C24H23ClN2O4S. The van der Waals surface area contributed by atoms with E-state index in [1.807, 2.05) is 32.0 Å². The van der Waals surface area contributed by atoms with E-state index in [0.29, 0.717) is 16.5 Å². The Balaban J connectivity index is 1.61. The summed E-state index contributed by atoms with van der Waals surface area (Å²) < 4.78 is 34.1. The maximum Gasteiger partial charge on any atom is 0.264 e. The van der Waals surface area contributed by atoms with Crippen LogP contribution in [-0.2, 0) is 21.4 Å². The molecular weight excluding hydrogens is 448 g/mol. The van der Waals surface area contributed by atoms with Crippen molar-refractivity contribution in [1.82, 2.24) is 5.32 Å². The quantitative estimate of drug-likeness (QED) is 0.605. The molecule has 0 saturated heterocycles. The number of nitrogens with zero attached hydrogens (tertiary/aromatic N) is 1. The first-order valence-corrected chi connectivity index (χ1v) is 11.9. The Morgan fingerprint density at radius 1 is 1.03 bits per heavy atom. The number of nitrogens with one attached hydrogen (secondary N) is 1. The van der Waals surface area contributed by atoms with Crippen LogP contribution in [0, 0.1) is 13.8 Å². The molecule has 0 aliphatic carbocycles. The number of halogens is 1. The number of carbonyl (C=O) groups excluding carboxylic acids is 1. The highest BCUT2D eigenvalue weighted by molar-refractivity contribution is 7.92. The monoisotopic (exact) mass is 470 g/mol. The molecule has 4 rings (SSSR count). The number of hydrogen-bond acceptors (Lipinski definition) is 4. The van der Waals surface area contributed by atoms with Gasteiger partial charge in [-0.25, -0.2) is 8.42 Å². The Bertz CT molecular complexity index is 1240. The van der Waals surface area contributed by atoms with Gasteiger partial charge in [-0.15, -0.1) is 0 Å². The molecule has 0 spiro atoms. The van der Waals surface area contributed by atoms with Crippen LogP contribution in [0.4, 0.5) is 5.69 Å². The Hall–Kier alpha value is -3.03. The molecule has 166 valence electrons. The van der Waals surface area contributed by atoms with Gasteiger partial charge in [-0.2, -0.15) is 0 Å². The molecule has 1 aliphatic heterocycles. The molecule has 1 aliphatic rings. The molecule has 1 amide bonds. The minimum absolute atomic E-state index is 0.126. The summed E-state index contributed by atoms with van der Waals surface area (Å²) in [5.74, 6) is -0.0326. The van der Waals surface area contributed by atoms with Crippen molar-refractivity contribution in [1.29, 1.82) is 0 Å². The van der Waals surface area contributed by atoms with Crippen molar-refractivity contribution in [3.63, 3.8) is 0 Å². The van der Waals surface area contributed by atoms with E-state index in [1.165, 1.54) is 4.31 Å². The van der Waals surface area contributed by atoms with Gasteiger partial charge in [0.2, 0.25) is 0 Å². The minimum atomic E-state index is -3.88. The Morgan fingerprint density at radius 3 is 2.38 bits per heavy atom. The summed E-state index contributed by atoms with van der Waals surface area (Å²) in [4.78, 5) is 13.1. The zero-order valence-corrected chi connectivity index (χ0v) is 19.3. The van der Waals surface area contributed by atoms with Crippen molar-refractivity contribution in [2.75, 3.05) is 10.8 Å². The van der Waals surface area contributed by atoms with Gasteiger partial charge in [0.15, 0.2) is 6.10 Å². The Kier molecular flexibility index (Phi) is 6.13. The summed E-state index contributed by atoms with van der Waals surface area (Å²) in [5.41, 5.74) is 3.15. The number of fused-ring (bicyclic) bond motifs is 1. The van der Waals surface area contributed by atoms with Crippen LogP contribution in [0.5, 0.6) is 5.75 Å². The number of benzene rings is 3. The molecule has 1 atom stereocenters. The van der Waals surface area contributed by atoms with E-state index >= 15 is 0 Å². The lowest BCUT2D eigenvalue weighted by molar-refractivity contribution is -0.127. The summed E-state index contributed by atoms with van der Waals surface area (Å²) in [6.45, 7) is 3.93. The van der Waals surface area contributed by atoms with Crippen molar-refractivity contribution in [3.8, 4) is 5.75 Å². The van der Waals surface area contributed by atoms with Crippen LogP contribution in [0.2, 0.25) is 5.02 Å². The minimum Gasteiger partial charge on any atom is -0.476 e. The molecule has 3 aromatic carbocycles. The van der Waals surface area contributed by atoms with Crippen LogP contribution >= 0.6 is 11.6 Å². The lowest BCUT2D eigenvalue weighted by Crippen LogP contribution is -2.50. The molecule has 0 aromatic heterocycles. The summed E-state index contributed by atoms with van der Waals surface area (Å²) in [6, 6.07) is 19.0. The van der Waals surface area contributed by atoms with E-state index in [0.717, 1.165) is 16.7 Å². The standard InChI is InChI=1S/C24H23ClN2O4S/c1-16-3-10-20(11-4-16)32(29,30)27-15-23(31-22-13-17(2)5-12-21(22)27)24(28)26-14-18-6-8-19(25)9-7-18/h3-13,23H,14-15H2,1-2H3,(H,26,28)/t23-/m0/s1. The first kappa shape index (κ1) is 22.2. The summed E-state index contributed by atoms with van der Waals surface area (Å²) in [7, 11) is -3.88. The average molecular weight is 471 g/mol. The zero-order chi connectivity index (χ0) is 22.9. The van der Waals surface area contributed by atoms with Gasteiger partial charge in [-0.3, -0.25) is 9.10 Å². The summed E-state index contributed by atoms with van der Waals surface area (Å²) in [5, 5.41) is 3.44. The Labute approximate surface area is 192 Å². The fourth-order valence-electron chi connectivity index (χ4n) is 3.47. The average Bonchev–Trinajstić information content (AvgIpc) is 2.77. The van der Waals surface area contributed by atoms with E-state index < -0.39 is 22.0 Å². The number of anilines is 1. The summed E-state index contributed by atoms with van der Waals surface area (Å²) in [6.07, 6.45) is -0.989. The van der Waals surface area contributed by atoms with E-state index in [4.69, 9.17) is 16.3 Å². The van der Waals surface area contributed by atoms with Crippen molar-refractivity contribution in [3.05, 3.63) is 88.4 Å². The molecule has 1 N–H and O–H groups in total. The molecule has 3 aromatic rings. The van der Waals surface area contributed by atoms with Crippen molar-refractivity contribution < 1.29 is 17.9 Å². The van der Waals surface area contributed by atoms with Crippen LogP contribution in [0.15, 0.2) is 71.6 Å². The third kappa shape index (κ3) is 4.59. The maximum absolute atomic E-state index is 13.5. The van der Waals surface area contributed by atoms with Crippen LogP contribution in [-0.4, -0.2) is 27.0 Å². The molecule has 8 heteroatoms. The number of hydrogen-bond donors (Lipinski definition) is 1. The van der Waals surface area contributed by atoms with E-state index in [1.54, 1.807) is 48.5 Å². The summed E-state index contributed by atoms with van der Waals surface area (Å²) >= 11 is 5.90. The van der Waals surface area contributed by atoms with Crippen molar-refractivity contribution in [2.45, 2.75) is 31.4 Å². The smallest absolute Gasteiger partial charge is 0.264 e. The number of amides is 1. The van der Waals surface area contributed by atoms with Gasteiger partial charge in [-0.05, 0) is 61.4 Å². The highest BCUT2D eigenvalue weighted by atomic mass is 35.5. The third-order valence-electron chi connectivity index (χ3n) is 5.27. The van der Waals surface area contributed by atoms with Crippen LogP contribution in [0.25, 0.3) is 0 Å². The molecule has 32 heavy (non-hydrogen) atoms. The second-order valence-electron chi connectivity index (χ2n) is 7.77. The molecule has 0 radical (unpaired) electrons. The van der Waals surface area contributed by atoms with Gasteiger partial charge in [0, 0.05) is 11.6 Å². The second kappa shape index (κ2) is 8.84. The molecule has 0 saturated carbocycles. The molecule has 0 unspecified atom stereocenters. The second-order valence-corrected chi connectivity index (χ2v) is 10.1.